The second-order valence-corrected chi connectivity index (χ2v) is 16.3. The van der Waals surface area contributed by atoms with E-state index < -0.39 is 23.7 Å². The van der Waals surface area contributed by atoms with Crippen LogP contribution in [0.2, 0.25) is 0 Å². The number of benzene rings is 4. The van der Waals surface area contributed by atoms with Gasteiger partial charge in [-0.2, -0.15) is 0 Å². The van der Waals surface area contributed by atoms with Crippen molar-refractivity contribution >= 4 is 103 Å². The quantitative estimate of drug-likeness (QED) is 0.0744. The molecule has 2 atom stereocenters. The Kier molecular flexibility index (Phi) is 13.5. The molecule has 2 unspecified atom stereocenters. The number of oxime groups is 2. The highest BCUT2D eigenvalue weighted by Crippen LogP contribution is 2.44. The predicted molar refractivity (Wildman–Crippen MR) is 216 cm³/mol. The molecule has 0 spiro atoms. The Morgan fingerprint density at radius 2 is 1.08 bits per heavy atom. The number of hydrogen-bond acceptors (Lipinski definition) is 10. The number of phenolic OH excluding ortho intramolecular Hbond substituents is 2. The van der Waals surface area contributed by atoms with Crippen LogP contribution in [0.1, 0.15) is 47.9 Å². The summed E-state index contributed by atoms with van der Waals surface area (Å²) in [6, 6.07) is 15.2. The van der Waals surface area contributed by atoms with E-state index in [-0.39, 0.29) is 52.0 Å². The number of rotatable bonds is 0. The Balaban J connectivity index is 1.51. The third kappa shape index (κ3) is 9.36. The Morgan fingerprint density at radius 3 is 1.62 bits per heavy atom. The number of carbonyl (C=O) groups excluding carboxylic acids is 2. The van der Waals surface area contributed by atoms with Crippen LogP contribution < -0.4 is 20.1 Å². The van der Waals surface area contributed by atoms with Gasteiger partial charge >= 0.3 is 0 Å². The van der Waals surface area contributed by atoms with Crippen molar-refractivity contribution in [3.63, 3.8) is 0 Å². The fraction of sp³-hybridized carbons (Fsp3) is 0.222. The zero-order valence-corrected chi connectivity index (χ0v) is 35.8. The highest BCUT2D eigenvalue weighted by molar-refractivity contribution is 9.11. The van der Waals surface area contributed by atoms with E-state index in [1.54, 1.807) is 50.2 Å². The summed E-state index contributed by atoms with van der Waals surface area (Å²) in [7, 11) is 0. The molecule has 12 nitrogen and oxygen atoms in total. The number of nitrogens with one attached hydrogen (secondary N) is 2. The summed E-state index contributed by atoms with van der Waals surface area (Å²) >= 11 is 17.3. The van der Waals surface area contributed by atoms with Crippen LogP contribution in [-0.4, -0.2) is 57.0 Å². The van der Waals surface area contributed by atoms with Crippen molar-refractivity contribution in [1.82, 2.24) is 10.6 Å². The van der Waals surface area contributed by atoms with E-state index in [9.17, 15) is 30.2 Å². The first-order chi connectivity index (χ1) is 25.2. The molecular formula is C36H31Br5N4O8. The molecule has 4 aliphatic heterocycles. The van der Waals surface area contributed by atoms with Crippen molar-refractivity contribution in [2.75, 3.05) is 13.1 Å². The maximum atomic E-state index is 13.2. The van der Waals surface area contributed by atoms with Crippen LogP contribution in [0.3, 0.4) is 0 Å². The van der Waals surface area contributed by atoms with Gasteiger partial charge in [-0.25, -0.2) is 0 Å². The normalized spacial score (nSPS) is 18.8. The maximum absolute atomic E-state index is 13.2. The number of phenols is 2. The first kappa shape index (κ1) is 40.5. The van der Waals surface area contributed by atoms with Crippen LogP contribution >= 0.6 is 79.6 Å². The molecule has 4 aliphatic rings. The van der Waals surface area contributed by atoms with Crippen molar-refractivity contribution < 1.29 is 39.7 Å². The summed E-state index contributed by atoms with van der Waals surface area (Å²) in [4.78, 5) is 26.4. The fourth-order valence-corrected chi connectivity index (χ4v) is 8.39. The molecule has 4 aromatic rings. The van der Waals surface area contributed by atoms with Gasteiger partial charge in [0.25, 0.3) is 11.8 Å². The second kappa shape index (κ2) is 17.7. The molecule has 0 aromatic heterocycles. The topological polar surface area (TPSA) is 182 Å². The van der Waals surface area contributed by atoms with Gasteiger partial charge in [0.05, 0.1) is 22.4 Å². The van der Waals surface area contributed by atoms with E-state index in [0.29, 0.717) is 53.4 Å². The molecule has 2 amide bonds. The smallest absolute Gasteiger partial charge is 0.269 e. The SMILES string of the molecule is CC1/C(=N\O)C(=O)NCCc2cc(Br)c(O)c(c2)Oc2c(Br)cc(cc2Br)CCNC(=O)/C(=N/O)C(C)c2cc(Br)c(O)c(c2)Oc2ccc1cc2Br. The minimum Gasteiger partial charge on any atom is -0.503 e. The van der Waals surface area contributed by atoms with Crippen molar-refractivity contribution in [2.45, 2.75) is 38.5 Å². The molecule has 0 aliphatic carbocycles. The summed E-state index contributed by atoms with van der Waals surface area (Å²) in [5.41, 5.74) is 2.41. The van der Waals surface area contributed by atoms with E-state index in [4.69, 9.17) is 9.47 Å². The van der Waals surface area contributed by atoms with Crippen molar-refractivity contribution in [3.05, 3.63) is 99.2 Å². The third-order valence-electron chi connectivity index (χ3n) is 8.48. The van der Waals surface area contributed by atoms with Gasteiger partial charge in [-0.05, 0) is 163 Å². The summed E-state index contributed by atoms with van der Waals surface area (Å²) in [5.74, 6) is -1.93. The molecule has 8 bridgehead atoms. The van der Waals surface area contributed by atoms with Crippen LogP contribution in [0.5, 0.6) is 34.5 Å². The third-order valence-corrected chi connectivity index (χ3v) is 11.5. The summed E-state index contributed by atoms with van der Waals surface area (Å²) in [6.45, 7) is 3.78. The molecule has 4 aromatic carbocycles. The van der Waals surface area contributed by atoms with Crippen LogP contribution in [0.25, 0.3) is 0 Å². The van der Waals surface area contributed by atoms with Crippen LogP contribution in [0, 0.1) is 0 Å². The van der Waals surface area contributed by atoms with E-state index >= 15 is 0 Å². The highest BCUT2D eigenvalue weighted by Gasteiger charge is 2.26. The second-order valence-electron chi connectivity index (χ2n) is 12.0. The van der Waals surface area contributed by atoms with E-state index in [1.165, 1.54) is 6.07 Å². The molecule has 4 heterocycles. The van der Waals surface area contributed by atoms with Gasteiger partial charge in [0, 0.05) is 24.9 Å². The number of halogens is 5. The molecule has 0 fully saturated rings. The molecule has 8 rings (SSSR count). The van der Waals surface area contributed by atoms with Crippen molar-refractivity contribution in [3.8, 4) is 34.5 Å². The molecule has 6 N–H and O–H groups in total. The van der Waals surface area contributed by atoms with Crippen LogP contribution in [-0.2, 0) is 22.4 Å². The van der Waals surface area contributed by atoms with Gasteiger partial charge in [0.1, 0.15) is 5.75 Å². The van der Waals surface area contributed by atoms with Crippen molar-refractivity contribution in [1.29, 1.82) is 0 Å². The first-order valence-corrected chi connectivity index (χ1v) is 19.9. The van der Waals surface area contributed by atoms with Gasteiger partial charge in [-0.3, -0.25) is 9.59 Å². The fourth-order valence-electron chi connectivity index (χ4n) is 5.52. The molecule has 0 radical (unpaired) electrons. The molecule has 53 heavy (non-hydrogen) atoms. The average Bonchev–Trinajstić information content (AvgIpc) is 3.11. The summed E-state index contributed by atoms with van der Waals surface area (Å²) < 4.78 is 14.5. The Morgan fingerprint density at radius 1 is 0.604 bits per heavy atom. The molecular weight excluding hydrogens is 1020 g/mol. The molecule has 0 saturated carbocycles. The summed E-state index contributed by atoms with van der Waals surface area (Å²) in [6.07, 6.45) is 0.760. The Labute approximate surface area is 346 Å². The lowest BCUT2D eigenvalue weighted by molar-refractivity contribution is -0.115. The highest BCUT2D eigenvalue weighted by atomic mass is 79.9. The lowest BCUT2D eigenvalue weighted by atomic mass is 9.94. The van der Waals surface area contributed by atoms with Gasteiger partial charge in [-0.15, -0.1) is 0 Å². The zero-order valence-electron chi connectivity index (χ0n) is 27.9. The lowest BCUT2D eigenvalue weighted by Gasteiger charge is -2.18. The number of nitrogens with zero attached hydrogens (tertiary/aromatic N) is 2. The number of ether oxygens (including phenoxy) is 2. The van der Waals surface area contributed by atoms with E-state index in [0.717, 1.165) is 11.1 Å². The number of amides is 2. The molecule has 0 saturated heterocycles. The minimum atomic E-state index is -0.727. The van der Waals surface area contributed by atoms with Gasteiger partial charge in [-0.1, -0.05) is 30.2 Å². The monoisotopic (exact) mass is 1040 g/mol. The summed E-state index contributed by atoms with van der Waals surface area (Å²) in [5, 5.41) is 53.6. The Hall–Kier alpha value is -3.64. The van der Waals surface area contributed by atoms with Gasteiger partial charge in [0.15, 0.2) is 40.2 Å². The zero-order chi connectivity index (χ0) is 38.6. The van der Waals surface area contributed by atoms with E-state index in [2.05, 4.69) is 101 Å². The molecule has 278 valence electrons. The minimum absolute atomic E-state index is 0.0573. The standard InChI is InChI=1S/C36H31Br5N4O8/c1-16-20-3-4-27(22(37)13-20)52-29-15-21(14-24(39)33(29)47)17(2)31(45-51)36(49)42-7-5-18-10-25(40)34(26(41)11-18)53-28-12-19(9-23(38)32(28)46)6-8-43-35(48)30(16)44-50/h3-4,9-17,46-47,50-51H,5-8H2,1-2H3,(H,42,49)(H,43,48)/b44-30+,45-31+. The van der Waals surface area contributed by atoms with Gasteiger partial charge in [0.2, 0.25) is 0 Å². The number of carbonyl (C=O) groups is 2. The first-order valence-electron chi connectivity index (χ1n) is 15.9. The maximum Gasteiger partial charge on any atom is 0.269 e. The predicted octanol–water partition coefficient (Wildman–Crippen LogP) is 9.39. The van der Waals surface area contributed by atoms with Crippen LogP contribution in [0.15, 0.2) is 87.3 Å². The largest absolute Gasteiger partial charge is 0.503 e. The van der Waals surface area contributed by atoms with Crippen LogP contribution in [0.4, 0.5) is 0 Å². The average molecular weight is 1050 g/mol. The van der Waals surface area contributed by atoms with E-state index in [1.807, 2.05) is 12.1 Å². The Bertz CT molecular complexity index is 2120. The number of aromatic hydroxyl groups is 2. The molecule has 17 heteroatoms. The lowest BCUT2D eigenvalue weighted by Crippen LogP contribution is -2.35. The van der Waals surface area contributed by atoms with Crippen molar-refractivity contribution in [2.24, 2.45) is 10.3 Å². The number of hydrogen-bond donors (Lipinski definition) is 6. The van der Waals surface area contributed by atoms with Gasteiger partial charge < -0.3 is 40.7 Å².